The van der Waals surface area contributed by atoms with Gasteiger partial charge in [0.25, 0.3) is 0 Å². The number of nitrogens with zero attached hydrogens (tertiary/aromatic N) is 1. The molecule has 130 valence electrons. The largest absolute Gasteiger partial charge is 0.413 e. The molecule has 4 nitrogen and oxygen atoms in total. The van der Waals surface area contributed by atoms with Crippen LogP contribution in [0.3, 0.4) is 0 Å². The van der Waals surface area contributed by atoms with E-state index in [1.165, 1.54) is 6.42 Å². The zero-order chi connectivity index (χ0) is 17.4. The van der Waals surface area contributed by atoms with Crippen LogP contribution in [0.5, 0.6) is 0 Å². The van der Waals surface area contributed by atoms with Gasteiger partial charge in [-0.2, -0.15) is 5.26 Å². The molecule has 0 aliphatic heterocycles. The highest BCUT2D eigenvalue weighted by Gasteiger charge is 2.34. The molecule has 0 radical (unpaired) electrons. The van der Waals surface area contributed by atoms with E-state index in [9.17, 15) is 0 Å². The molecular formula is C17H35NO3Si. The lowest BCUT2D eigenvalue weighted by molar-refractivity contribution is -0.192. The van der Waals surface area contributed by atoms with Crippen molar-refractivity contribution >= 4 is 8.32 Å². The highest BCUT2D eigenvalue weighted by molar-refractivity contribution is 6.72. The van der Waals surface area contributed by atoms with Crippen LogP contribution in [0.15, 0.2) is 0 Å². The van der Waals surface area contributed by atoms with Crippen molar-refractivity contribution in [1.29, 1.82) is 5.26 Å². The molecular weight excluding hydrogens is 294 g/mol. The topological polar surface area (TPSA) is 51.5 Å². The molecule has 0 saturated carbocycles. The Morgan fingerprint density at radius 1 is 1.23 bits per heavy atom. The summed E-state index contributed by atoms with van der Waals surface area (Å²) in [5.41, 5.74) is 0.295. The molecule has 22 heavy (non-hydrogen) atoms. The molecule has 0 aromatic heterocycles. The van der Waals surface area contributed by atoms with Crippen molar-refractivity contribution in [2.75, 3.05) is 7.11 Å². The summed E-state index contributed by atoms with van der Waals surface area (Å²) in [5, 5.41) is 9.10. The summed E-state index contributed by atoms with van der Waals surface area (Å²) in [7, 11) is -0.187. The SMILES string of the molecule is CCCC(C)[Si](C)(C)O[C@H](CC#N)CC(OC)OC(C)(C)C. The molecule has 0 N–H and O–H groups in total. The van der Waals surface area contributed by atoms with E-state index in [0.29, 0.717) is 18.4 Å². The van der Waals surface area contributed by atoms with E-state index in [4.69, 9.17) is 19.2 Å². The predicted molar refractivity (Wildman–Crippen MR) is 93.2 cm³/mol. The van der Waals surface area contributed by atoms with Gasteiger partial charge >= 0.3 is 0 Å². The summed E-state index contributed by atoms with van der Waals surface area (Å²) < 4.78 is 17.7. The number of hydrogen-bond donors (Lipinski definition) is 0. The van der Waals surface area contributed by atoms with Crippen LogP contribution < -0.4 is 0 Å². The lowest BCUT2D eigenvalue weighted by Crippen LogP contribution is -2.41. The van der Waals surface area contributed by atoms with E-state index < -0.39 is 8.32 Å². The molecule has 0 fully saturated rings. The van der Waals surface area contributed by atoms with Crippen molar-refractivity contribution in [1.82, 2.24) is 0 Å². The fourth-order valence-corrected chi connectivity index (χ4v) is 4.66. The summed E-state index contributed by atoms with van der Waals surface area (Å²) in [6.07, 6.45) is 2.84. The molecule has 0 saturated heterocycles. The van der Waals surface area contributed by atoms with E-state index in [0.717, 1.165) is 6.42 Å². The molecule has 0 aliphatic rings. The van der Waals surface area contributed by atoms with Gasteiger partial charge in [-0.3, -0.25) is 0 Å². The molecule has 2 unspecified atom stereocenters. The normalized spacial score (nSPS) is 16.9. The Labute approximate surface area is 138 Å². The van der Waals surface area contributed by atoms with Gasteiger partial charge in [-0.05, 0) is 39.4 Å². The second-order valence-electron chi connectivity index (χ2n) is 7.53. The van der Waals surface area contributed by atoms with Crippen LogP contribution in [0.25, 0.3) is 0 Å². The fourth-order valence-electron chi connectivity index (χ4n) is 2.40. The van der Waals surface area contributed by atoms with Gasteiger partial charge in [-0.25, -0.2) is 0 Å². The molecule has 0 bridgehead atoms. The van der Waals surface area contributed by atoms with Gasteiger partial charge in [-0.1, -0.05) is 26.7 Å². The molecule has 5 heteroatoms. The van der Waals surface area contributed by atoms with Gasteiger partial charge in [0.2, 0.25) is 0 Å². The minimum Gasteiger partial charge on any atom is -0.413 e. The quantitative estimate of drug-likeness (QED) is 0.424. The second kappa shape index (κ2) is 9.66. The first-order valence-corrected chi connectivity index (χ1v) is 11.3. The van der Waals surface area contributed by atoms with Crippen LogP contribution in [0.1, 0.15) is 60.3 Å². The molecule has 0 heterocycles. The smallest absolute Gasteiger partial charge is 0.189 e. The molecule has 0 aromatic carbocycles. The van der Waals surface area contributed by atoms with E-state index in [1.807, 2.05) is 20.8 Å². The summed E-state index contributed by atoms with van der Waals surface area (Å²) in [5.74, 6) is 0. The third-order valence-electron chi connectivity index (χ3n) is 3.90. The van der Waals surface area contributed by atoms with E-state index in [2.05, 4.69) is 33.0 Å². The van der Waals surface area contributed by atoms with Gasteiger partial charge in [0, 0.05) is 13.5 Å². The lowest BCUT2D eigenvalue weighted by Gasteiger charge is -2.35. The monoisotopic (exact) mass is 329 g/mol. The Bertz CT molecular complexity index is 347. The number of hydrogen-bond acceptors (Lipinski definition) is 4. The van der Waals surface area contributed by atoms with Gasteiger partial charge in [0.05, 0.1) is 24.2 Å². The maximum atomic E-state index is 9.10. The van der Waals surface area contributed by atoms with Gasteiger partial charge in [0.1, 0.15) is 0 Å². The van der Waals surface area contributed by atoms with E-state index in [1.54, 1.807) is 7.11 Å². The van der Waals surface area contributed by atoms with Crippen LogP contribution in [0.4, 0.5) is 0 Å². The van der Waals surface area contributed by atoms with Crippen molar-refractivity contribution in [3.63, 3.8) is 0 Å². The predicted octanol–water partition coefficient (Wildman–Crippen LogP) is 4.86. The highest BCUT2D eigenvalue weighted by atomic mass is 28.4. The molecule has 0 aromatic rings. The fraction of sp³-hybridized carbons (Fsp3) is 0.941. The van der Waals surface area contributed by atoms with E-state index >= 15 is 0 Å². The summed E-state index contributed by atoms with van der Waals surface area (Å²) in [6, 6.07) is 2.24. The Hall–Kier alpha value is -0.413. The van der Waals surface area contributed by atoms with Crippen molar-refractivity contribution < 1.29 is 13.9 Å². The molecule has 0 spiro atoms. The maximum Gasteiger partial charge on any atom is 0.189 e. The minimum atomic E-state index is -1.83. The van der Waals surface area contributed by atoms with Gasteiger partial charge in [-0.15, -0.1) is 0 Å². The average molecular weight is 330 g/mol. The second-order valence-corrected chi connectivity index (χ2v) is 12.0. The number of ether oxygens (including phenoxy) is 2. The standard InChI is InChI=1S/C17H35NO3Si/c1-9-10-14(2)22(7,8)21-15(11-12-18)13-16(19-6)20-17(3,4)5/h14-16H,9-11,13H2,1-8H3/t14?,15-,16?/m1/s1. The molecule has 0 aliphatic carbocycles. The van der Waals surface area contributed by atoms with Crippen LogP contribution in [0, 0.1) is 11.3 Å². The van der Waals surface area contributed by atoms with Gasteiger partial charge in [0.15, 0.2) is 14.6 Å². The summed E-state index contributed by atoms with van der Waals surface area (Å²) in [4.78, 5) is 0. The van der Waals surface area contributed by atoms with Crippen molar-refractivity contribution in [3.05, 3.63) is 0 Å². The van der Waals surface area contributed by atoms with Crippen LogP contribution in [0.2, 0.25) is 18.6 Å². The van der Waals surface area contributed by atoms with E-state index in [-0.39, 0.29) is 18.0 Å². The number of methoxy groups -OCH3 is 1. The molecule has 0 rings (SSSR count). The van der Waals surface area contributed by atoms with Crippen LogP contribution >= 0.6 is 0 Å². The third kappa shape index (κ3) is 8.89. The van der Waals surface area contributed by atoms with Crippen LogP contribution in [-0.4, -0.2) is 33.4 Å². The number of rotatable bonds is 10. The van der Waals surface area contributed by atoms with Gasteiger partial charge < -0.3 is 13.9 Å². The van der Waals surface area contributed by atoms with Crippen LogP contribution in [-0.2, 0) is 13.9 Å². The highest BCUT2D eigenvalue weighted by Crippen LogP contribution is 2.30. The maximum absolute atomic E-state index is 9.10. The van der Waals surface area contributed by atoms with Crippen molar-refractivity contribution in [2.24, 2.45) is 0 Å². The zero-order valence-corrected chi connectivity index (χ0v) is 16.7. The third-order valence-corrected chi connectivity index (χ3v) is 7.50. The molecule has 3 atom stereocenters. The van der Waals surface area contributed by atoms with Crippen molar-refractivity contribution in [2.45, 2.75) is 96.9 Å². The Morgan fingerprint density at radius 3 is 2.23 bits per heavy atom. The first-order chi connectivity index (χ1) is 10.1. The number of nitriles is 1. The minimum absolute atomic E-state index is 0.127. The average Bonchev–Trinajstić information content (AvgIpc) is 2.36. The lowest BCUT2D eigenvalue weighted by atomic mass is 10.1. The summed E-state index contributed by atoms with van der Waals surface area (Å²) in [6.45, 7) is 14.9. The Morgan fingerprint density at radius 2 is 1.82 bits per heavy atom. The first kappa shape index (κ1) is 21.6. The van der Waals surface area contributed by atoms with Crippen molar-refractivity contribution in [3.8, 4) is 6.07 Å². The Kier molecular flexibility index (Phi) is 9.48. The molecule has 0 amide bonds. The Balaban J connectivity index is 4.81. The summed E-state index contributed by atoms with van der Waals surface area (Å²) >= 11 is 0. The first-order valence-electron chi connectivity index (χ1n) is 8.31. The zero-order valence-electron chi connectivity index (χ0n) is 15.7.